The molecule has 0 bridgehead atoms. The zero-order valence-corrected chi connectivity index (χ0v) is 18.8. The Labute approximate surface area is 190 Å². The predicted molar refractivity (Wildman–Crippen MR) is 124 cm³/mol. The highest BCUT2D eigenvalue weighted by Gasteiger charge is 2.18. The lowest BCUT2D eigenvalue weighted by molar-refractivity contribution is 0.0529. The molecular formula is C22H23Cl2N5O2. The molecule has 1 aliphatic rings. The van der Waals surface area contributed by atoms with Crippen LogP contribution in [0.3, 0.4) is 0 Å². The first-order chi connectivity index (χ1) is 14.9. The van der Waals surface area contributed by atoms with Crippen LogP contribution in [0.15, 0.2) is 47.5 Å². The first kappa shape index (κ1) is 21.6. The number of ether oxygens (including phenoxy) is 1. The van der Waals surface area contributed by atoms with Gasteiger partial charge in [-0.1, -0.05) is 35.3 Å². The van der Waals surface area contributed by atoms with Crippen molar-refractivity contribution in [3.8, 4) is 5.69 Å². The summed E-state index contributed by atoms with van der Waals surface area (Å²) in [5.41, 5.74) is 2.50. The molecule has 31 heavy (non-hydrogen) atoms. The summed E-state index contributed by atoms with van der Waals surface area (Å²) in [6.07, 6.45) is 3.55. The fraction of sp³-hybridized carbons (Fsp3) is 0.318. The van der Waals surface area contributed by atoms with E-state index in [9.17, 15) is 4.79 Å². The molecule has 9 heteroatoms. The molecule has 0 radical (unpaired) electrons. The molecular weight excluding hydrogens is 437 g/mol. The van der Waals surface area contributed by atoms with Crippen LogP contribution in [0.2, 0.25) is 10.0 Å². The van der Waals surface area contributed by atoms with Crippen molar-refractivity contribution in [2.24, 2.45) is 0 Å². The number of morpholine rings is 1. The molecule has 1 saturated heterocycles. The minimum atomic E-state index is -0.415. The minimum absolute atomic E-state index is 0.0681. The van der Waals surface area contributed by atoms with Crippen LogP contribution in [0.1, 0.15) is 18.1 Å². The Kier molecular flexibility index (Phi) is 6.46. The molecule has 0 aliphatic carbocycles. The van der Waals surface area contributed by atoms with E-state index in [2.05, 4.69) is 27.2 Å². The van der Waals surface area contributed by atoms with Gasteiger partial charge in [0.15, 0.2) is 0 Å². The van der Waals surface area contributed by atoms with Crippen molar-refractivity contribution >= 4 is 34.7 Å². The SMILES string of the molecule is Cc1ccc(-n2ncc(NCc3ccc(N4CCOC(C)C4)nc3)c(Cl)c2=O)cc1Cl. The van der Waals surface area contributed by atoms with Gasteiger partial charge in [0.05, 0.1) is 30.3 Å². The van der Waals surface area contributed by atoms with Crippen LogP contribution >= 0.6 is 23.2 Å². The lowest BCUT2D eigenvalue weighted by Gasteiger charge is -2.32. The molecule has 162 valence electrons. The summed E-state index contributed by atoms with van der Waals surface area (Å²) in [6.45, 7) is 6.79. The Bertz CT molecular complexity index is 1130. The largest absolute Gasteiger partial charge is 0.378 e. The molecule has 1 atom stereocenters. The molecule has 0 saturated carbocycles. The van der Waals surface area contributed by atoms with Gasteiger partial charge in [-0.25, -0.2) is 4.98 Å². The number of hydrogen-bond donors (Lipinski definition) is 1. The highest BCUT2D eigenvalue weighted by atomic mass is 35.5. The third kappa shape index (κ3) is 4.84. The van der Waals surface area contributed by atoms with Gasteiger partial charge in [0, 0.05) is 30.9 Å². The summed E-state index contributed by atoms with van der Waals surface area (Å²) in [5, 5.41) is 8.04. The summed E-state index contributed by atoms with van der Waals surface area (Å²) in [7, 11) is 0. The number of aryl methyl sites for hydroxylation is 1. The van der Waals surface area contributed by atoms with E-state index < -0.39 is 5.56 Å². The zero-order valence-electron chi connectivity index (χ0n) is 17.3. The number of benzene rings is 1. The van der Waals surface area contributed by atoms with Crippen LogP contribution in [0.5, 0.6) is 0 Å². The standard InChI is InChI=1S/C22H23Cl2N5O2/c1-14-3-5-17(9-18(14)23)29-22(30)21(24)19(12-27-29)25-10-16-4-6-20(26-11-16)28-7-8-31-15(2)13-28/h3-6,9,11-12,15,25H,7-8,10,13H2,1-2H3. The Morgan fingerprint density at radius 3 is 2.77 bits per heavy atom. The van der Waals surface area contributed by atoms with Crippen molar-refractivity contribution in [3.05, 3.63) is 74.3 Å². The number of nitrogens with one attached hydrogen (secondary N) is 1. The third-order valence-electron chi connectivity index (χ3n) is 5.18. The smallest absolute Gasteiger partial charge is 0.292 e. The summed E-state index contributed by atoms with van der Waals surface area (Å²) in [6, 6.07) is 9.30. The summed E-state index contributed by atoms with van der Waals surface area (Å²) < 4.78 is 6.81. The first-order valence-corrected chi connectivity index (χ1v) is 10.8. The number of halogens is 2. The quantitative estimate of drug-likeness (QED) is 0.619. The van der Waals surface area contributed by atoms with Crippen molar-refractivity contribution in [1.82, 2.24) is 14.8 Å². The van der Waals surface area contributed by atoms with E-state index in [0.29, 0.717) is 29.5 Å². The Hall–Kier alpha value is -2.61. The predicted octanol–water partition coefficient (Wildman–Crippen LogP) is 4.08. The number of rotatable bonds is 5. The normalized spacial score (nSPS) is 16.4. The number of hydrogen-bond acceptors (Lipinski definition) is 6. The second-order valence-corrected chi connectivity index (χ2v) is 8.31. The van der Waals surface area contributed by atoms with E-state index >= 15 is 0 Å². The first-order valence-electron chi connectivity index (χ1n) is 10.0. The fourth-order valence-corrected chi connectivity index (χ4v) is 3.76. The van der Waals surface area contributed by atoms with Crippen LogP contribution in [0, 0.1) is 6.92 Å². The average Bonchev–Trinajstić information content (AvgIpc) is 2.77. The van der Waals surface area contributed by atoms with Gasteiger partial charge in [-0.3, -0.25) is 4.79 Å². The number of pyridine rings is 1. The molecule has 1 unspecified atom stereocenters. The van der Waals surface area contributed by atoms with Crippen LogP contribution in [-0.4, -0.2) is 40.6 Å². The molecule has 0 spiro atoms. The zero-order chi connectivity index (χ0) is 22.0. The van der Waals surface area contributed by atoms with Crippen molar-refractivity contribution in [3.63, 3.8) is 0 Å². The maximum Gasteiger partial charge on any atom is 0.292 e. The highest BCUT2D eigenvalue weighted by molar-refractivity contribution is 6.33. The van der Waals surface area contributed by atoms with E-state index in [1.54, 1.807) is 12.1 Å². The molecule has 1 aromatic carbocycles. The molecule has 4 rings (SSSR count). The number of nitrogens with zero attached hydrogens (tertiary/aromatic N) is 4. The number of anilines is 2. The summed E-state index contributed by atoms with van der Waals surface area (Å²) >= 11 is 12.5. The van der Waals surface area contributed by atoms with E-state index in [4.69, 9.17) is 27.9 Å². The molecule has 3 aromatic rings. The second kappa shape index (κ2) is 9.26. The van der Waals surface area contributed by atoms with Gasteiger partial charge in [0.25, 0.3) is 5.56 Å². The minimum Gasteiger partial charge on any atom is -0.378 e. The van der Waals surface area contributed by atoms with Gasteiger partial charge in [0.2, 0.25) is 0 Å². The molecule has 2 aromatic heterocycles. The highest BCUT2D eigenvalue weighted by Crippen LogP contribution is 2.21. The van der Waals surface area contributed by atoms with Gasteiger partial charge in [0.1, 0.15) is 10.8 Å². The maximum absolute atomic E-state index is 12.7. The fourth-order valence-electron chi connectivity index (χ4n) is 3.39. The van der Waals surface area contributed by atoms with Crippen LogP contribution in [-0.2, 0) is 11.3 Å². The summed E-state index contributed by atoms with van der Waals surface area (Å²) in [5.74, 6) is 0.929. The van der Waals surface area contributed by atoms with Crippen molar-refractivity contribution in [1.29, 1.82) is 0 Å². The van der Waals surface area contributed by atoms with E-state index in [1.165, 1.54) is 10.9 Å². The van der Waals surface area contributed by atoms with Crippen molar-refractivity contribution in [2.45, 2.75) is 26.5 Å². The summed E-state index contributed by atoms with van der Waals surface area (Å²) in [4.78, 5) is 19.5. The molecule has 0 amide bonds. The number of aromatic nitrogens is 3. The van der Waals surface area contributed by atoms with E-state index in [0.717, 1.165) is 30.0 Å². The Morgan fingerprint density at radius 1 is 1.23 bits per heavy atom. The van der Waals surface area contributed by atoms with Crippen LogP contribution in [0.25, 0.3) is 5.69 Å². The average molecular weight is 460 g/mol. The van der Waals surface area contributed by atoms with Crippen molar-refractivity contribution < 1.29 is 4.74 Å². The molecule has 1 N–H and O–H groups in total. The second-order valence-electron chi connectivity index (χ2n) is 7.53. The Morgan fingerprint density at radius 2 is 2.06 bits per heavy atom. The topological polar surface area (TPSA) is 72.3 Å². The Balaban J connectivity index is 1.45. The maximum atomic E-state index is 12.7. The molecule has 1 fully saturated rings. The van der Waals surface area contributed by atoms with Crippen LogP contribution < -0.4 is 15.8 Å². The monoisotopic (exact) mass is 459 g/mol. The van der Waals surface area contributed by atoms with Crippen LogP contribution in [0.4, 0.5) is 11.5 Å². The van der Waals surface area contributed by atoms with Gasteiger partial charge in [-0.2, -0.15) is 9.78 Å². The third-order valence-corrected chi connectivity index (χ3v) is 5.95. The van der Waals surface area contributed by atoms with E-state index in [-0.39, 0.29) is 11.1 Å². The lowest BCUT2D eigenvalue weighted by Crippen LogP contribution is -2.41. The molecule has 7 nitrogen and oxygen atoms in total. The molecule has 3 heterocycles. The van der Waals surface area contributed by atoms with Gasteiger partial charge in [-0.05, 0) is 43.2 Å². The molecule has 1 aliphatic heterocycles. The van der Waals surface area contributed by atoms with E-state index in [1.807, 2.05) is 31.3 Å². The van der Waals surface area contributed by atoms with Crippen molar-refractivity contribution in [2.75, 3.05) is 29.9 Å². The van der Waals surface area contributed by atoms with Gasteiger partial charge < -0.3 is 15.0 Å². The van der Waals surface area contributed by atoms with Gasteiger partial charge in [-0.15, -0.1) is 0 Å². The lowest BCUT2D eigenvalue weighted by atomic mass is 10.2. The van der Waals surface area contributed by atoms with Gasteiger partial charge >= 0.3 is 0 Å².